The zero-order valence-corrected chi connectivity index (χ0v) is 15.8. The van der Waals surface area contributed by atoms with E-state index in [1.165, 1.54) is 0 Å². The third-order valence-corrected chi connectivity index (χ3v) is 4.88. The van der Waals surface area contributed by atoms with Crippen LogP contribution < -0.4 is 10.1 Å². The summed E-state index contributed by atoms with van der Waals surface area (Å²) in [7, 11) is 2.13. The van der Waals surface area contributed by atoms with Gasteiger partial charge in [0.25, 0.3) is 5.91 Å². The largest absolute Gasteiger partial charge is 0.490 e. The molecule has 1 fully saturated rings. The van der Waals surface area contributed by atoms with E-state index in [1.807, 2.05) is 54.6 Å². The molecule has 0 bridgehead atoms. The van der Waals surface area contributed by atoms with E-state index < -0.39 is 0 Å². The smallest absolute Gasteiger partial charge is 0.277 e. The van der Waals surface area contributed by atoms with Gasteiger partial charge in [-0.15, -0.1) is 0 Å². The Labute approximate surface area is 164 Å². The molecule has 0 aliphatic carbocycles. The topological polar surface area (TPSA) is 67.6 Å². The van der Waals surface area contributed by atoms with E-state index in [0.29, 0.717) is 11.4 Å². The summed E-state index contributed by atoms with van der Waals surface area (Å²) < 4.78 is 11.3. The van der Waals surface area contributed by atoms with Crippen molar-refractivity contribution in [3.05, 3.63) is 66.4 Å². The maximum Gasteiger partial charge on any atom is 0.277 e. The first-order valence-corrected chi connectivity index (χ1v) is 9.46. The summed E-state index contributed by atoms with van der Waals surface area (Å²) in [6.45, 7) is 2.11. The van der Waals surface area contributed by atoms with Gasteiger partial charge in [-0.3, -0.25) is 4.79 Å². The van der Waals surface area contributed by atoms with Crippen molar-refractivity contribution >= 4 is 11.6 Å². The molecule has 28 heavy (non-hydrogen) atoms. The molecule has 0 unspecified atom stereocenters. The average Bonchev–Trinajstić information content (AvgIpc) is 3.22. The number of carbonyl (C=O) groups excluding carboxylic acids is 1. The third kappa shape index (κ3) is 4.40. The minimum absolute atomic E-state index is 0.241. The predicted octanol–water partition coefficient (Wildman–Crippen LogP) is 4.07. The number of ether oxygens (including phenoxy) is 1. The van der Waals surface area contributed by atoms with Crippen molar-refractivity contribution < 1.29 is 14.1 Å². The molecule has 0 atom stereocenters. The molecule has 6 nitrogen and oxygen atoms in total. The number of nitrogens with zero attached hydrogens (tertiary/aromatic N) is 2. The lowest BCUT2D eigenvalue weighted by molar-refractivity contribution is 0.101. The Morgan fingerprint density at radius 2 is 1.82 bits per heavy atom. The third-order valence-electron chi connectivity index (χ3n) is 4.88. The molecule has 6 heteroatoms. The second-order valence-corrected chi connectivity index (χ2v) is 7.04. The van der Waals surface area contributed by atoms with Crippen LogP contribution in [-0.2, 0) is 0 Å². The molecule has 1 aliphatic rings. The summed E-state index contributed by atoms with van der Waals surface area (Å²) in [5.41, 5.74) is 1.81. The van der Waals surface area contributed by atoms with Crippen molar-refractivity contribution in [1.29, 1.82) is 0 Å². The molecular formula is C22H23N3O3. The quantitative estimate of drug-likeness (QED) is 0.726. The minimum atomic E-state index is -0.310. The van der Waals surface area contributed by atoms with Crippen molar-refractivity contribution in [2.24, 2.45) is 0 Å². The Balaban J connectivity index is 1.35. The maximum absolute atomic E-state index is 12.4. The highest BCUT2D eigenvalue weighted by molar-refractivity contribution is 6.03. The van der Waals surface area contributed by atoms with Crippen LogP contribution in [0.15, 0.2) is 65.2 Å². The molecule has 1 amide bonds. The van der Waals surface area contributed by atoms with Crippen LogP contribution in [0.2, 0.25) is 0 Å². The number of benzene rings is 2. The number of amides is 1. The lowest BCUT2D eigenvalue weighted by atomic mass is 10.1. The Morgan fingerprint density at radius 1 is 1.11 bits per heavy atom. The van der Waals surface area contributed by atoms with Crippen molar-refractivity contribution in [3.8, 4) is 17.1 Å². The number of hydrogen-bond donors (Lipinski definition) is 1. The van der Waals surface area contributed by atoms with Crippen molar-refractivity contribution in [2.45, 2.75) is 18.9 Å². The number of nitrogens with one attached hydrogen (secondary N) is 1. The van der Waals surface area contributed by atoms with E-state index in [4.69, 9.17) is 9.26 Å². The fourth-order valence-corrected chi connectivity index (χ4v) is 3.23. The molecule has 0 radical (unpaired) electrons. The molecule has 3 aromatic rings. The maximum atomic E-state index is 12.4. The summed E-state index contributed by atoms with van der Waals surface area (Å²) in [5.74, 6) is 1.07. The second-order valence-electron chi connectivity index (χ2n) is 7.04. The SMILES string of the molecule is CN1CCC(Oc2ccc(NC(=O)c3cc(-c4ccccc4)on3)cc2)CC1. The number of anilines is 1. The Morgan fingerprint density at radius 3 is 2.54 bits per heavy atom. The standard InChI is InChI=1S/C22H23N3O3/c1-25-13-11-19(12-14-25)27-18-9-7-17(8-10-18)23-22(26)20-15-21(28-24-20)16-5-3-2-4-6-16/h2-10,15,19H,11-14H2,1H3,(H,23,26). The van der Waals surface area contributed by atoms with E-state index in [2.05, 4.69) is 22.4 Å². The highest BCUT2D eigenvalue weighted by Crippen LogP contribution is 2.22. The van der Waals surface area contributed by atoms with E-state index in [1.54, 1.807) is 6.07 Å². The van der Waals surface area contributed by atoms with Gasteiger partial charge >= 0.3 is 0 Å². The summed E-state index contributed by atoms with van der Waals surface area (Å²) >= 11 is 0. The molecule has 2 aromatic carbocycles. The fraction of sp³-hybridized carbons (Fsp3) is 0.273. The first-order valence-electron chi connectivity index (χ1n) is 9.46. The van der Waals surface area contributed by atoms with Crippen LogP contribution >= 0.6 is 0 Å². The molecule has 1 aliphatic heterocycles. The van der Waals surface area contributed by atoms with Crippen LogP contribution in [0.4, 0.5) is 5.69 Å². The fourth-order valence-electron chi connectivity index (χ4n) is 3.23. The zero-order valence-electron chi connectivity index (χ0n) is 15.8. The van der Waals surface area contributed by atoms with Gasteiger partial charge in [-0.25, -0.2) is 0 Å². The van der Waals surface area contributed by atoms with Gasteiger partial charge in [-0.2, -0.15) is 0 Å². The summed E-state index contributed by atoms with van der Waals surface area (Å²) in [6.07, 6.45) is 2.32. The van der Waals surface area contributed by atoms with E-state index in [-0.39, 0.29) is 17.7 Å². The number of aromatic nitrogens is 1. The molecule has 1 aromatic heterocycles. The van der Waals surface area contributed by atoms with E-state index in [9.17, 15) is 4.79 Å². The Bertz CT molecular complexity index is 914. The second kappa shape index (κ2) is 8.27. The summed E-state index contributed by atoms with van der Waals surface area (Å²) in [6, 6.07) is 18.6. The lowest BCUT2D eigenvalue weighted by Gasteiger charge is -2.29. The van der Waals surface area contributed by atoms with Gasteiger partial charge in [0.1, 0.15) is 11.9 Å². The van der Waals surface area contributed by atoms with E-state index in [0.717, 1.165) is 37.2 Å². The number of piperidine rings is 1. The van der Waals surface area contributed by atoms with Gasteiger partial charge in [-0.05, 0) is 44.2 Å². The van der Waals surface area contributed by atoms with Crippen LogP contribution in [-0.4, -0.2) is 42.2 Å². The lowest BCUT2D eigenvalue weighted by Crippen LogP contribution is -2.35. The van der Waals surface area contributed by atoms with Gasteiger partial charge in [0.05, 0.1) is 0 Å². The predicted molar refractivity (Wildman–Crippen MR) is 107 cm³/mol. The molecule has 0 saturated carbocycles. The minimum Gasteiger partial charge on any atom is -0.490 e. The first-order chi connectivity index (χ1) is 13.7. The van der Waals surface area contributed by atoms with Gasteiger partial charge < -0.3 is 19.5 Å². The average molecular weight is 377 g/mol. The van der Waals surface area contributed by atoms with Crippen molar-refractivity contribution in [2.75, 3.05) is 25.5 Å². The van der Waals surface area contributed by atoms with Gasteiger partial charge in [0, 0.05) is 30.4 Å². The molecular weight excluding hydrogens is 354 g/mol. The number of hydrogen-bond acceptors (Lipinski definition) is 5. The number of rotatable bonds is 5. The van der Waals surface area contributed by atoms with Gasteiger partial charge in [0.15, 0.2) is 11.5 Å². The Kier molecular flexibility index (Phi) is 5.39. The van der Waals surface area contributed by atoms with E-state index >= 15 is 0 Å². The van der Waals surface area contributed by atoms with Crippen LogP contribution in [0.25, 0.3) is 11.3 Å². The normalized spacial score (nSPS) is 15.3. The van der Waals surface area contributed by atoms with Crippen molar-refractivity contribution in [3.63, 3.8) is 0 Å². The van der Waals surface area contributed by atoms with Gasteiger partial charge in [0.2, 0.25) is 0 Å². The van der Waals surface area contributed by atoms with Crippen LogP contribution in [0, 0.1) is 0 Å². The zero-order chi connectivity index (χ0) is 19.3. The molecule has 144 valence electrons. The number of carbonyl (C=O) groups is 1. The highest BCUT2D eigenvalue weighted by atomic mass is 16.5. The van der Waals surface area contributed by atoms with Crippen LogP contribution in [0.1, 0.15) is 23.3 Å². The van der Waals surface area contributed by atoms with Gasteiger partial charge in [-0.1, -0.05) is 35.5 Å². The summed E-state index contributed by atoms with van der Waals surface area (Å²) in [5, 5.41) is 6.71. The van der Waals surface area contributed by atoms with Crippen LogP contribution in [0.5, 0.6) is 5.75 Å². The molecule has 4 rings (SSSR count). The summed E-state index contributed by atoms with van der Waals surface area (Å²) in [4.78, 5) is 14.7. The molecule has 1 N–H and O–H groups in total. The number of likely N-dealkylation sites (tertiary alicyclic amines) is 1. The highest BCUT2D eigenvalue weighted by Gasteiger charge is 2.18. The van der Waals surface area contributed by atoms with Crippen LogP contribution in [0.3, 0.4) is 0 Å². The Hall–Kier alpha value is -3.12. The first kappa shape index (κ1) is 18.3. The molecule has 0 spiro atoms. The van der Waals surface area contributed by atoms with Crippen molar-refractivity contribution in [1.82, 2.24) is 10.1 Å². The molecule has 1 saturated heterocycles. The molecule has 2 heterocycles. The monoisotopic (exact) mass is 377 g/mol.